The van der Waals surface area contributed by atoms with E-state index >= 15 is 0 Å². The third-order valence-corrected chi connectivity index (χ3v) is 3.56. The second-order valence-corrected chi connectivity index (χ2v) is 5.22. The van der Waals surface area contributed by atoms with E-state index in [1.165, 1.54) is 5.57 Å². The van der Waals surface area contributed by atoms with Crippen molar-refractivity contribution >= 4 is 11.5 Å². The van der Waals surface area contributed by atoms with Crippen LogP contribution < -0.4 is 5.90 Å². The van der Waals surface area contributed by atoms with Crippen LogP contribution in [0.15, 0.2) is 55.1 Å². The lowest BCUT2D eigenvalue weighted by atomic mass is 10.0. The van der Waals surface area contributed by atoms with E-state index in [1.54, 1.807) is 12.5 Å². The number of hydrogen-bond acceptors (Lipinski definition) is 4. The molecular formula is C17H21N3O3. The minimum atomic E-state index is -1.03. The van der Waals surface area contributed by atoms with Crippen molar-refractivity contribution in [2.75, 3.05) is 0 Å². The number of benzene rings is 1. The molecule has 1 aromatic heterocycles. The summed E-state index contributed by atoms with van der Waals surface area (Å²) in [5.74, 6) is 3.96. The number of aromatic nitrogens is 2. The topological polar surface area (TPSA) is 90.4 Å². The molecule has 0 aliphatic rings. The highest BCUT2D eigenvalue weighted by Crippen LogP contribution is 2.18. The van der Waals surface area contributed by atoms with Crippen molar-refractivity contribution in [3.63, 3.8) is 0 Å². The van der Waals surface area contributed by atoms with Gasteiger partial charge in [0.2, 0.25) is 0 Å². The van der Waals surface area contributed by atoms with Gasteiger partial charge in [0.1, 0.15) is 0 Å². The van der Waals surface area contributed by atoms with Crippen molar-refractivity contribution in [1.82, 2.24) is 9.55 Å². The van der Waals surface area contributed by atoms with Gasteiger partial charge in [0.25, 0.3) is 0 Å². The molecule has 0 amide bonds. The van der Waals surface area contributed by atoms with Gasteiger partial charge in [-0.3, -0.25) is 4.84 Å². The maximum absolute atomic E-state index is 10.9. The van der Waals surface area contributed by atoms with Crippen LogP contribution in [0.1, 0.15) is 24.8 Å². The monoisotopic (exact) mass is 315 g/mol. The Morgan fingerprint density at radius 1 is 1.39 bits per heavy atom. The highest BCUT2D eigenvalue weighted by molar-refractivity contribution is 5.72. The molecule has 6 heteroatoms. The zero-order valence-electron chi connectivity index (χ0n) is 12.8. The van der Waals surface area contributed by atoms with E-state index < -0.39 is 12.1 Å². The number of carbonyl (C=O) groups is 1. The van der Waals surface area contributed by atoms with E-state index in [9.17, 15) is 4.79 Å². The van der Waals surface area contributed by atoms with Crippen LogP contribution in [0.3, 0.4) is 0 Å². The fourth-order valence-corrected chi connectivity index (χ4v) is 2.33. The second kappa shape index (κ2) is 8.87. The van der Waals surface area contributed by atoms with Crippen LogP contribution in [-0.4, -0.2) is 26.7 Å². The molecule has 0 bridgehead atoms. The van der Waals surface area contributed by atoms with E-state index in [4.69, 9.17) is 11.0 Å². The quantitative estimate of drug-likeness (QED) is 0.548. The lowest BCUT2D eigenvalue weighted by Crippen LogP contribution is -2.26. The summed E-state index contributed by atoms with van der Waals surface area (Å²) >= 11 is 0. The lowest BCUT2D eigenvalue weighted by molar-refractivity contribution is -0.151. The van der Waals surface area contributed by atoms with Crippen LogP contribution in [0.4, 0.5) is 0 Å². The van der Waals surface area contributed by atoms with Gasteiger partial charge < -0.3 is 9.67 Å². The van der Waals surface area contributed by atoms with Crippen molar-refractivity contribution in [2.24, 2.45) is 5.90 Å². The molecule has 1 heterocycles. The van der Waals surface area contributed by atoms with Crippen molar-refractivity contribution in [1.29, 1.82) is 0 Å². The molecule has 3 N–H and O–H groups in total. The third kappa shape index (κ3) is 5.36. The van der Waals surface area contributed by atoms with Crippen LogP contribution in [0.2, 0.25) is 0 Å². The standard InChI is InChI=1S/C17H21N3O3/c18-23-16(17(21)22)9-5-4-8-15(12-20-11-10-19-13-20)14-6-2-1-3-7-14/h1-3,6-8,10-11,13,16H,4-5,9,12,18H2,(H,21,22). The average molecular weight is 315 g/mol. The molecule has 0 radical (unpaired) electrons. The Balaban J connectivity index is 2.00. The summed E-state index contributed by atoms with van der Waals surface area (Å²) in [7, 11) is 0. The van der Waals surface area contributed by atoms with E-state index in [1.807, 2.05) is 29.0 Å². The maximum atomic E-state index is 10.9. The van der Waals surface area contributed by atoms with Gasteiger partial charge in [-0.15, -0.1) is 0 Å². The number of nitrogens with zero attached hydrogens (tertiary/aromatic N) is 2. The van der Waals surface area contributed by atoms with Crippen LogP contribution >= 0.6 is 0 Å². The summed E-state index contributed by atoms with van der Waals surface area (Å²) < 4.78 is 2.00. The number of hydrogen-bond donors (Lipinski definition) is 2. The number of unbranched alkanes of at least 4 members (excludes halogenated alkanes) is 1. The first-order valence-corrected chi connectivity index (χ1v) is 7.49. The Hall–Kier alpha value is -2.44. The molecule has 0 aliphatic carbocycles. The number of carboxylic acids is 1. The Labute approximate surface area is 135 Å². The number of carboxylic acid groups (broad SMARTS) is 1. The molecule has 0 aliphatic heterocycles. The first kappa shape index (κ1) is 16.9. The number of rotatable bonds is 9. The summed E-state index contributed by atoms with van der Waals surface area (Å²) in [6.07, 6.45) is 8.45. The fourth-order valence-electron chi connectivity index (χ4n) is 2.33. The van der Waals surface area contributed by atoms with Crippen LogP contribution in [0, 0.1) is 0 Å². The minimum Gasteiger partial charge on any atom is -0.479 e. The van der Waals surface area contributed by atoms with Gasteiger partial charge in [-0.2, -0.15) is 0 Å². The predicted octanol–water partition coefficient (Wildman–Crippen LogP) is 2.48. The normalized spacial score (nSPS) is 13.0. The predicted molar refractivity (Wildman–Crippen MR) is 87.2 cm³/mol. The first-order chi connectivity index (χ1) is 11.2. The van der Waals surface area contributed by atoms with E-state index in [2.05, 4.69) is 28.0 Å². The summed E-state index contributed by atoms with van der Waals surface area (Å²) in [6.45, 7) is 0.722. The molecule has 2 rings (SSSR count). The smallest absolute Gasteiger partial charge is 0.334 e. The Bertz CT molecular complexity index is 624. The van der Waals surface area contributed by atoms with Gasteiger partial charge in [-0.25, -0.2) is 15.7 Å². The van der Waals surface area contributed by atoms with Gasteiger partial charge in [0.05, 0.1) is 6.33 Å². The Morgan fingerprint density at radius 3 is 2.78 bits per heavy atom. The van der Waals surface area contributed by atoms with Gasteiger partial charge in [0, 0.05) is 18.9 Å². The summed E-state index contributed by atoms with van der Waals surface area (Å²) in [6, 6.07) is 10.1. The average Bonchev–Trinajstić information content (AvgIpc) is 3.07. The van der Waals surface area contributed by atoms with Crippen molar-refractivity contribution in [2.45, 2.75) is 31.9 Å². The fraction of sp³-hybridized carbons (Fsp3) is 0.294. The Kier molecular flexibility index (Phi) is 6.53. The molecule has 0 fully saturated rings. The third-order valence-electron chi connectivity index (χ3n) is 3.56. The zero-order chi connectivity index (χ0) is 16.5. The summed E-state index contributed by atoms with van der Waals surface area (Å²) in [5.41, 5.74) is 2.32. The van der Waals surface area contributed by atoms with Gasteiger partial charge in [-0.1, -0.05) is 36.4 Å². The highest BCUT2D eigenvalue weighted by Gasteiger charge is 2.15. The first-order valence-electron chi connectivity index (χ1n) is 7.49. The molecule has 6 nitrogen and oxygen atoms in total. The molecule has 1 aromatic carbocycles. The van der Waals surface area contributed by atoms with Gasteiger partial charge in [0.15, 0.2) is 6.10 Å². The molecule has 1 atom stereocenters. The van der Waals surface area contributed by atoms with Crippen LogP contribution in [0.25, 0.3) is 5.57 Å². The minimum absolute atomic E-state index is 0.384. The van der Waals surface area contributed by atoms with Crippen molar-refractivity contribution in [3.05, 3.63) is 60.7 Å². The molecule has 0 saturated carbocycles. The van der Waals surface area contributed by atoms with Gasteiger partial charge in [-0.05, 0) is 30.4 Å². The molecular weight excluding hydrogens is 294 g/mol. The number of imidazole rings is 1. The molecule has 2 aromatic rings. The second-order valence-electron chi connectivity index (χ2n) is 5.22. The van der Waals surface area contributed by atoms with Crippen molar-refractivity contribution in [3.8, 4) is 0 Å². The summed E-state index contributed by atoms with van der Waals surface area (Å²) in [5, 5.41) is 8.90. The molecule has 23 heavy (non-hydrogen) atoms. The molecule has 1 unspecified atom stereocenters. The number of aliphatic carboxylic acids is 1. The summed E-state index contributed by atoms with van der Waals surface area (Å²) in [4.78, 5) is 19.4. The zero-order valence-corrected chi connectivity index (χ0v) is 12.8. The van der Waals surface area contributed by atoms with Crippen molar-refractivity contribution < 1.29 is 14.7 Å². The SMILES string of the molecule is NOC(CCCC=C(Cn1ccnc1)c1ccccc1)C(=O)O. The molecule has 0 spiro atoms. The van der Waals surface area contributed by atoms with E-state index in [-0.39, 0.29) is 0 Å². The molecule has 0 saturated heterocycles. The number of allylic oxidation sites excluding steroid dienone is 2. The van der Waals surface area contributed by atoms with Gasteiger partial charge >= 0.3 is 5.97 Å². The van der Waals surface area contributed by atoms with E-state index in [0.29, 0.717) is 12.8 Å². The largest absolute Gasteiger partial charge is 0.479 e. The van der Waals surface area contributed by atoms with Crippen LogP contribution in [0.5, 0.6) is 0 Å². The van der Waals surface area contributed by atoms with Crippen LogP contribution in [-0.2, 0) is 16.2 Å². The maximum Gasteiger partial charge on any atom is 0.334 e. The lowest BCUT2D eigenvalue weighted by Gasteiger charge is -2.11. The number of nitrogens with two attached hydrogens (primary N) is 1. The molecule has 122 valence electrons. The van der Waals surface area contributed by atoms with E-state index in [0.717, 1.165) is 18.5 Å². The highest BCUT2D eigenvalue weighted by atomic mass is 16.6. The Morgan fingerprint density at radius 2 is 2.17 bits per heavy atom.